The number of halogens is 2. The lowest BCUT2D eigenvalue weighted by molar-refractivity contribution is 0.627. The van der Waals surface area contributed by atoms with Crippen LogP contribution in [0, 0.1) is 17.1 Å². The molecule has 0 amide bonds. The van der Waals surface area contributed by atoms with Crippen LogP contribution in [-0.4, -0.2) is 4.87 Å². The molecular formula is C13H9ClFN. The summed E-state index contributed by atoms with van der Waals surface area (Å²) in [6.45, 7) is 0. The zero-order chi connectivity index (χ0) is 11.6. The van der Waals surface area contributed by atoms with E-state index in [9.17, 15) is 4.39 Å². The lowest BCUT2D eigenvalue weighted by Gasteiger charge is -2.20. The molecule has 1 nitrogen and oxygen atoms in total. The number of hydrogen-bond donors (Lipinski definition) is 0. The number of hydrogen-bond acceptors (Lipinski definition) is 1. The first-order valence-electron chi connectivity index (χ1n) is 4.87. The van der Waals surface area contributed by atoms with Crippen LogP contribution < -0.4 is 0 Å². The smallest absolute Gasteiger partial charge is 0.153 e. The molecule has 16 heavy (non-hydrogen) atoms. The summed E-state index contributed by atoms with van der Waals surface area (Å²) in [6.07, 6.45) is 5.76. The van der Waals surface area contributed by atoms with Crippen LogP contribution in [0.3, 0.4) is 0 Å². The summed E-state index contributed by atoms with van der Waals surface area (Å²) >= 11 is 6.07. The second-order valence-corrected chi connectivity index (χ2v) is 4.38. The molecule has 1 aliphatic carbocycles. The number of allylic oxidation sites excluding steroid dienone is 4. The van der Waals surface area contributed by atoms with Gasteiger partial charge in [-0.05, 0) is 29.3 Å². The normalized spacial score (nSPS) is 23.7. The van der Waals surface area contributed by atoms with E-state index in [4.69, 9.17) is 16.9 Å². The van der Waals surface area contributed by atoms with Gasteiger partial charge in [0.2, 0.25) is 0 Å². The highest BCUT2D eigenvalue weighted by atomic mass is 35.5. The molecule has 0 heterocycles. The Bertz CT molecular complexity index is 496. The van der Waals surface area contributed by atoms with Gasteiger partial charge in [-0.2, -0.15) is 5.26 Å². The highest BCUT2D eigenvalue weighted by Gasteiger charge is 2.27. The third kappa shape index (κ3) is 2.15. The zero-order valence-electron chi connectivity index (χ0n) is 8.45. The van der Waals surface area contributed by atoms with E-state index >= 15 is 0 Å². The van der Waals surface area contributed by atoms with E-state index in [0.29, 0.717) is 6.42 Å². The van der Waals surface area contributed by atoms with E-state index in [-0.39, 0.29) is 5.82 Å². The molecule has 0 saturated heterocycles. The first-order chi connectivity index (χ1) is 7.63. The molecule has 2 rings (SSSR count). The van der Waals surface area contributed by atoms with Gasteiger partial charge in [0.15, 0.2) is 4.87 Å². The molecule has 0 fully saturated rings. The molecule has 0 bridgehead atoms. The van der Waals surface area contributed by atoms with E-state index in [0.717, 1.165) is 11.1 Å². The van der Waals surface area contributed by atoms with E-state index in [1.807, 2.05) is 6.08 Å². The zero-order valence-corrected chi connectivity index (χ0v) is 9.21. The third-order valence-corrected chi connectivity index (χ3v) is 2.85. The van der Waals surface area contributed by atoms with Crippen LogP contribution in [0.2, 0.25) is 0 Å². The van der Waals surface area contributed by atoms with Gasteiger partial charge in [0.05, 0.1) is 6.07 Å². The molecular weight excluding hydrogens is 225 g/mol. The van der Waals surface area contributed by atoms with Crippen molar-refractivity contribution >= 4 is 17.2 Å². The minimum absolute atomic E-state index is 0.270. The van der Waals surface area contributed by atoms with E-state index < -0.39 is 4.87 Å². The number of nitrogens with zero attached hydrogens (tertiary/aromatic N) is 1. The number of rotatable bonds is 1. The fourth-order valence-corrected chi connectivity index (χ4v) is 1.87. The van der Waals surface area contributed by atoms with Gasteiger partial charge in [-0.1, -0.05) is 35.9 Å². The molecule has 1 aromatic carbocycles. The Morgan fingerprint density at radius 2 is 2.00 bits per heavy atom. The van der Waals surface area contributed by atoms with Crippen molar-refractivity contribution in [3.63, 3.8) is 0 Å². The predicted octanol–water partition coefficient (Wildman–Crippen LogP) is 3.67. The van der Waals surface area contributed by atoms with Crippen LogP contribution in [-0.2, 0) is 0 Å². The standard InChI is InChI=1S/C13H9ClFN/c14-13(9-16)7-1-2-11(8-13)10-3-5-12(15)6-4-10/h1-7H,8H2. The highest BCUT2D eigenvalue weighted by Crippen LogP contribution is 2.34. The van der Waals surface area contributed by atoms with Gasteiger partial charge in [-0.15, -0.1) is 0 Å². The lowest BCUT2D eigenvalue weighted by Crippen LogP contribution is -2.17. The van der Waals surface area contributed by atoms with Gasteiger partial charge in [0.1, 0.15) is 5.82 Å². The van der Waals surface area contributed by atoms with Crippen LogP contribution in [0.25, 0.3) is 5.57 Å². The molecule has 0 aliphatic heterocycles. The first-order valence-corrected chi connectivity index (χ1v) is 5.25. The van der Waals surface area contributed by atoms with Crippen molar-refractivity contribution in [1.29, 1.82) is 5.26 Å². The van der Waals surface area contributed by atoms with Crippen molar-refractivity contribution in [2.45, 2.75) is 11.3 Å². The molecule has 3 heteroatoms. The average molecular weight is 234 g/mol. The number of nitriles is 1. The maximum Gasteiger partial charge on any atom is 0.153 e. The van der Waals surface area contributed by atoms with E-state index in [1.54, 1.807) is 24.3 Å². The van der Waals surface area contributed by atoms with Crippen LogP contribution >= 0.6 is 11.6 Å². The van der Waals surface area contributed by atoms with Crippen LogP contribution in [0.1, 0.15) is 12.0 Å². The Hall–Kier alpha value is -1.59. The summed E-state index contributed by atoms with van der Waals surface area (Å²) < 4.78 is 12.8. The minimum atomic E-state index is -0.974. The molecule has 1 unspecified atom stereocenters. The summed E-state index contributed by atoms with van der Waals surface area (Å²) in [6, 6.07) is 8.23. The lowest BCUT2D eigenvalue weighted by atomic mass is 9.90. The van der Waals surface area contributed by atoms with Crippen LogP contribution in [0.5, 0.6) is 0 Å². The molecule has 0 saturated carbocycles. The fourth-order valence-electron chi connectivity index (χ4n) is 1.65. The summed E-state index contributed by atoms with van der Waals surface area (Å²) in [4.78, 5) is -0.974. The average Bonchev–Trinajstić information content (AvgIpc) is 2.30. The van der Waals surface area contributed by atoms with E-state index in [2.05, 4.69) is 6.07 Å². The first kappa shape index (κ1) is 10.9. The Balaban J connectivity index is 2.31. The highest BCUT2D eigenvalue weighted by molar-refractivity contribution is 6.28. The van der Waals surface area contributed by atoms with Crippen LogP contribution in [0.15, 0.2) is 42.5 Å². The molecule has 1 aromatic rings. The summed E-state index contributed by atoms with van der Waals surface area (Å²) in [5.41, 5.74) is 1.84. The second-order valence-electron chi connectivity index (χ2n) is 3.71. The Labute approximate surface area is 98.5 Å². The summed E-state index contributed by atoms with van der Waals surface area (Å²) in [5, 5.41) is 8.94. The monoisotopic (exact) mass is 233 g/mol. The fraction of sp³-hybridized carbons (Fsp3) is 0.154. The molecule has 80 valence electrons. The molecule has 0 aromatic heterocycles. The van der Waals surface area contributed by atoms with Crippen molar-refractivity contribution in [2.24, 2.45) is 0 Å². The third-order valence-electron chi connectivity index (χ3n) is 2.51. The van der Waals surface area contributed by atoms with Crippen molar-refractivity contribution in [3.8, 4) is 6.07 Å². The molecule has 0 N–H and O–H groups in total. The molecule has 1 atom stereocenters. The second kappa shape index (κ2) is 4.11. The van der Waals surface area contributed by atoms with Gasteiger partial charge in [0.25, 0.3) is 0 Å². The van der Waals surface area contributed by atoms with Gasteiger partial charge in [0, 0.05) is 6.42 Å². The van der Waals surface area contributed by atoms with E-state index in [1.165, 1.54) is 12.1 Å². The van der Waals surface area contributed by atoms with Crippen molar-refractivity contribution in [3.05, 3.63) is 53.9 Å². The predicted molar refractivity (Wildman–Crippen MR) is 62.3 cm³/mol. The maximum atomic E-state index is 12.8. The minimum Gasteiger partial charge on any atom is -0.207 e. The van der Waals surface area contributed by atoms with Gasteiger partial charge in [-0.3, -0.25) is 0 Å². The Kier molecular flexibility index (Phi) is 2.80. The summed E-state index contributed by atoms with van der Waals surface area (Å²) in [5.74, 6) is -0.270. The maximum absolute atomic E-state index is 12.8. The largest absolute Gasteiger partial charge is 0.207 e. The number of benzene rings is 1. The quantitative estimate of drug-likeness (QED) is 0.679. The van der Waals surface area contributed by atoms with Crippen molar-refractivity contribution < 1.29 is 4.39 Å². The van der Waals surface area contributed by atoms with Gasteiger partial charge < -0.3 is 0 Å². The molecule has 0 spiro atoms. The Morgan fingerprint density at radius 3 is 2.62 bits per heavy atom. The molecule has 0 radical (unpaired) electrons. The number of alkyl halides is 1. The Morgan fingerprint density at radius 1 is 1.31 bits per heavy atom. The van der Waals surface area contributed by atoms with Gasteiger partial charge in [-0.25, -0.2) is 4.39 Å². The SMILES string of the molecule is N#CC1(Cl)C=CC=C(c2ccc(F)cc2)C1. The van der Waals surface area contributed by atoms with Crippen LogP contribution in [0.4, 0.5) is 4.39 Å². The summed E-state index contributed by atoms with van der Waals surface area (Å²) in [7, 11) is 0. The topological polar surface area (TPSA) is 23.8 Å². The van der Waals surface area contributed by atoms with Gasteiger partial charge >= 0.3 is 0 Å². The van der Waals surface area contributed by atoms with Crippen molar-refractivity contribution in [2.75, 3.05) is 0 Å². The van der Waals surface area contributed by atoms with Crippen molar-refractivity contribution in [1.82, 2.24) is 0 Å². The molecule has 1 aliphatic rings.